The monoisotopic (exact) mass is 358 g/mol. The fourth-order valence-corrected chi connectivity index (χ4v) is 5.42. The number of nitrogens with zero attached hydrogens (tertiary/aromatic N) is 1. The molecule has 132 valence electrons. The molecule has 8 heteroatoms. The van der Waals surface area contributed by atoms with E-state index >= 15 is 0 Å². The van der Waals surface area contributed by atoms with Gasteiger partial charge in [-0.3, -0.25) is 9.69 Å². The minimum atomic E-state index is -3.23. The molecule has 2 fully saturated rings. The van der Waals surface area contributed by atoms with Crippen molar-refractivity contribution in [3.63, 3.8) is 0 Å². The number of nitrogens with one attached hydrogen (secondary N) is 1. The Morgan fingerprint density at radius 1 is 1.08 bits per heavy atom. The summed E-state index contributed by atoms with van der Waals surface area (Å²) in [4.78, 5) is 14.4. The molecule has 0 radical (unpaired) electrons. The lowest BCUT2D eigenvalue weighted by Crippen LogP contribution is -2.52. The summed E-state index contributed by atoms with van der Waals surface area (Å²) < 4.78 is 50.3. The van der Waals surface area contributed by atoms with Crippen molar-refractivity contribution in [2.45, 2.75) is 31.3 Å². The predicted octanol–water partition coefficient (Wildman–Crippen LogP) is 1.35. The molecular formula is C16H20F2N2O3S. The highest BCUT2D eigenvalue weighted by Crippen LogP contribution is 2.23. The first-order valence-corrected chi connectivity index (χ1v) is 9.88. The minimum Gasteiger partial charge on any atom is -0.347 e. The summed E-state index contributed by atoms with van der Waals surface area (Å²) >= 11 is 0. The zero-order valence-electron chi connectivity index (χ0n) is 13.2. The number of piperidine rings is 1. The molecule has 3 rings (SSSR count). The van der Waals surface area contributed by atoms with Crippen molar-refractivity contribution in [1.82, 2.24) is 10.2 Å². The quantitative estimate of drug-likeness (QED) is 0.886. The largest absolute Gasteiger partial charge is 0.347 e. The number of carbonyl (C=O) groups excluding carboxylic acids is 1. The summed E-state index contributed by atoms with van der Waals surface area (Å²) in [6.07, 6.45) is 3.16. The van der Waals surface area contributed by atoms with Crippen LogP contribution < -0.4 is 5.32 Å². The fraction of sp³-hybridized carbons (Fsp3) is 0.562. The van der Waals surface area contributed by atoms with Crippen LogP contribution in [0.2, 0.25) is 0 Å². The van der Waals surface area contributed by atoms with E-state index in [9.17, 15) is 22.0 Å². The van der Waals surface area contributed by atoms with Crippen LogP contribution in [0.25, 0.3) is 0 Å². The lowest BCUT2D eigenvalue weighted by atomic mass is 10.0. The molecule has 1 amide bonds. The maximum atomic E-state index is 13.3. The van der Waals surface area contributed by atoms with Crippen LogP contribution in [0.1, 0.15) is 29.6 Å². The number of likely N-dealkylation sites (tertiary alicyclic amines) is 1. The molecule has 0 bridgehead atoms. The van der Waals surface area contributed by atoms with Gasteiger partial charge in [0, 0.05) is 11.6 Å². The second-order valence-corrected chi connectivity index (χ2v) is 8.60. The normalized spacial score (nSPS) is 27.1. The Morgan fingerprint density at radius 3 is 2.46 bits per heavy atom. The van der Waals surface area contributed by atoms with E-state index in [2.05, 4.69) is 10.2 Å². The molecular weight excluding hydrogens is 338 g/mol. The summed E-state index contributed by atoms with van der Waals surface area (Å²) in [6, 6.07) is 2.10. The number of carbonyl (C=O) groups is 1. The molecule has 2 atom stereocenters. The highest BCUT2D eigenvalue weighted by molar-refractivity contribution is 7.91. The van der Waals surface area contributed by atoms with Gasteiger partial charge in [0.2, 0.25) is 0 Å². The van der Waals surface area contributed by atoms with Crippen LogP contribution in [-0.4, -0.2) is 55.9 Å². The topological polar surface area (TPSA) is 66.5 Å². The molecule has 0 spiro atoms. The van der Waals surface area contributed by atoms with E-state index in [1.165, 1.54) is 6.07 Å². The lowest BCUT2D eigenvalue weighted by molar-refractivity contribution is 0.0899. The van der Waals surface area contributed by atoms with E-state index in [4.69, 9.17) is 0 Å². The van der Waals surface area contributed by atoms with Crippen LogP contribution in [0.15, 0.2) is 18.2 Å². The van der Waals surface area contributed by atoms with E-state index in [-0.39, 0.29) is 23.1 Å². The lowest BCUT2D eigenvalue weighted by Gasteiger charge is -2.35. The average Bonchev–Trinajstić information content (AvgIpc) is 2.85. The molecule has 2 unspecified atom stereocenters. The first-order chi connectivity index (χ1) is 11.4. The minimum absolute atomic E-state index is 0.0180. The average molecular weight is 358 g/mol. The summed E-state index contributed by atoms with van der Waals surface area (Å²) in [5.41, 5.74) is -0.0180. The summed E-state index contributed by atoms with van der Waals surface area (Å²) in [5, 5.41) is 2.70. The first-order valence-electron chi connectivity index (χ1n) is 8.06. The Kier molecular flexibility index (Phi) is 4.87. The molecule has 0 aromatic heterocycles. The molecule has 1 aromatic carbocycles. The van der Waals surface area contributed by atoms with Crippen LogP contribution in [0, 0.1) is 11.6 Å². The van der Waals surface area contributed by atoms with E-state index in [1.54, 1.807) is 0 Å². The number of benzene rings is 1. The third-order valence-corrected chi connectivity index (χ3v) is 6.40. The van der Waals surface area contributed by atoms with Crippen molar-refractivity contribution in [3.05, 3.63) is 35.4 Å². The molecule has 2 heterocycles. The van der Waals surface area contributed by atoms with Gasteiger partial charge in [0.1, 0.15) is 0 Å². The molecule has 2 aliphatic rings. The molecule has 0 saturated carbocycles. The van der Waals surface area contributed by atoms with Crippen LogP contribution in [-0.2, 0) is 9.84 Å². The number of amides is 1. The standard InChI is InChI=1S/C16H20F2N2O3S/c17-12-5-4-11(8-13(12)18)16(21)19-14-9-24(22,23)10-15(14)20-6-2-1-3-7-20/h4-5,8,14-15H,1-3,6-7,9-10H2,(H,19,21). The Morgan fingerprint density at radius 2 is 1.79 bits per heavy atom. The van der Waals surface area contributed by atoms with Gasteiger partial charge in [-0.25, -0.2) is 17.2 Å². The van der Waals surface area contributed by atoms with Crippen molar-refractivity contribution in [2.24, 2.45) is 0 Å². The Hall–Kier alpha value is -1.54. The predicted molar refractivity (Wildman–Crippen MR) is 85.5 cm³/mol. The fourth-order valence-electron chi connectivity index (χ4n) is 3.47. The van der Waals surface area contributed by atoms with Gasteiger partial charge in [-0.2, -0.15) is 0 Å². The van der Waals surface area contributed by atoms with E-state index in [0.29, 0.717) is 0 Å². The molecule has 1 N–H and O–H groups in total. The summed E-state index contributed by atoms with van der Waals surface area (Å²) in [6.45, 7) is 1.63. The maximum absolute atomic E-state index is 13.3. The van der Waals surface area contributed by atoms with Crippen molar-refractivity contribution in [1.29, 1.82) is 0 Å². The van der Waals surface area contributed by atoms with Crippen molar-refractivity contribution >= 4 is 15.7 Å². The van der Waals surface area contributed by atoms with E-state index in [0.717, 1.165) is 44.5 Å². The van der Waals surface area contributed by atoms with Gasteiger partial charge in [-0.1, -0.05) is 6.42 Å². The molecule has 1 aromatic rings. The van der Waals surface area contributed by atoms with Crippen LogP contribution in [0.4, 0.5) is 8.78 Å². The van der Waals surface area contributed by atoms with Crippen molar-refractivity contribution < 1.29 is 22.0 Å². The van der Waals surface area contributed by atoms with Crippen LogP contribution in [0.3, 0.4) is 0 Å². The number of hydrogen-bond donors (Lipinski definition) is 1. The second kappa shape index (κ2) is 6.76. The Bertz CT molecular complexity index is 733. The second-order valence-electron chi connectivity index (χ2n) is 6.45. The zero-order chi connectivity index (χ0) is 17.3. The van der Waals surface area contributed by atoms with Gasteiger partial charge in [0.05, 0.1) is 17.5 Å². The van der Waals surface area contributed by atoms with Gasteiger partial charge in [-0.15, -0.1) is 0 Å². The highest BCUT2D eigenvalue weighted by Gasteiger charge is 2.42. The molecule has 5 nitrogen and oxygen atoms in total. The van der Waals surface area contributed by atoms with Gasteiger partial charge in [-0.05, 0) is 44.1 Å². The third kappa shape index (κ3) is 3.75. The van der Waals surface area contributed by atoms with Crippen LogP contribution in [0.5, 0.6) is 0 Å². The van der Waals surface area contributed by atoms with Gasteiger partial charge in [0.25, 0.3) is 5.91 Å². The number of rotatable bonds is 3. The SMILES string of the molecule is O=C(NC1CS(=O)(=O)CC1N1CCCCC1)c1ccc(F)c(F)c1. The van der Waals surface area contributed by atoms with Gasteiger partial charge in [0.15, 0.2) is 21.5 Å². The Balaban J connectivity index is 1.75. The van der Waals surface area contributed by atoms with Gasteiger partial charge < -0.3 is 5.32 Å². The van der Waals surface area contributed by atoms with Gasteiger partial charge >= 0.3 is 0 Å². The van der Waals surface area contributed by atoms with Crippen molar-refractivity contribution in [3.8, 4) is 0 Å². The summed E-state index contributed by atoms with van der Waals surface area (Å²) in [5.74, 6) is -2.81. The molecule has 0 aliphatic carbocycles. The third-order valence-electron chi connectivity index (χ3n) is 4.68. The molecule has 24 heavy (non-hydrogen) atoms. The van der Waals surface area contributed by atoms with E-state index < -0.39 is 33.4 Å². The molecule has 2 saturated heterocycles. The first kappa shape index (κ1) is 17.3. The smallest absolute Gasteiger partial charge is 0.251 e. The number of sulfone groups is 1. The zero-order valence-corrected chi connectivity index (χ0v) is 14.0. The van der Waals surface area contributed by atoms with Crippen LogP contribution >= 0.6 is 0 Å². The number of hydrogen-bond acceptors (Lipinski definition) is 4. The highest BCUT2D eigenvalue weighted by atomic mass is 32.2. The Labute approximate surface area is 139 Å². The van der Waals surface area contributed by atoms with E-state index in [1.807, 2.05) is 0 Å². The summed E-state index contributed by atoms with van der Waals surface area (Å²) in [7, 11) is -3.23. The maximum Gasteiger partial charge on any atom is 0.251 e. The number of halogens is 2. The van der Waals surface area contributed by atoms with Crippen molar-refractivity contribution in [2.75, 3.05) is 24.6 Å². The molecule has 2 aliphatic heterocycles.